The number of para-hydroxylation sites is 2. The van der Waals surface area contributed by atoms with E-state index in [9.17, 15) is 0 Å². The maximum Gasteiger partial charge on any atom is 0.139 e. The van der Waals surface area contributed by atoms with E-state index in [1.54, 1.807) is 0 Å². The minimum atomic E-state index is 0.161. The SMILES string of the molecule is C1=CC2=C(c3ccc(-c4ccccc4)cc3)c3ccccc3C(c3cccc4c3oc3ccccc34)C2C=C1. The summed E-state index contributed by atoms with van der Waals surface area (Å²) >= 11 is 0. The number of hydrogen-bond donors (Lipinski definition) is 0. The van der Waals surface area contributed by atoms with Gasteiger partial charge in [-0.25, -0.2) is 0 Å². The van der Waals surface area contributed by atoms with Crippen molar-refractivity contribution in [2.45, 2.75) is 5.92 Å². The molecule has 8 rings (SSSR count). The molecule has 0 radical (unpaired) electrons. The van der Waals surface area contributed by atoms with Gasteiger partial charge in [-0.3, -0.25) is 0 Å². The first kappa shape index (κ1) is 22.1. The van der Waals surface area contributed by atoms with Crippen LogP contribution >= 0.6 is 0 Å². The highest BCUT2D eigenvalue weighted by atomic mass is 16.3. The highest BCUT2D eigenvalue weighted by Gasteiger charge is 2.36. The molecule has 2 atom stereocenters. The van der Waals surface area contributed by atoms with Crippen molar-refractivity contribution in [2.75, 3.05) is 0 Å². The number of furan rings is 1. The molecule has 6 aromatic rings. The van der Waals surface area contributed by atoms with E-state index in [1.807, 2.05) is 6.07 Å². The molecule has 184 valence electrons. The van der Waals surface area contributed by atoms with Crippen LogP contribution in [0.5, 0.6) is 0 Å². The molecule has 0 amide bonds. The molecule has 0 spiro atoms. The number of benzene rings is 5. The first-order valence-electron chi connectivity index (χ1n) is 13.6. The third-order valence-electron chi connectivity index (χ3n) is 8.33. The van der Waals surface area contributed by atoms with Crippen LogP contribution in [-0.4, -0.2) is 0 Å². The third-order valence-corrected chi connectivity index (χ3v) is 8.33. The second-order valence-corrected chi connectivity index (χ2v) is 10.4. The molecule has 0 bridgehead atoms. The zero-order chi connectivity index (χ0) is 25.8. The van der Waals surface area contributed by atoms with Gasteiger partial charge in [-0.1, -0.05) is 140 Å². The van der Waals surface area contributed by atoms with Crippen molar-refractivity contribution < 1.29 is 4.42 Å². The molecule has 0 aliphatic heterocycles. The molecule has 0 saturated carbocycles. The summed E-state index contributed by atoms with van der Waals surface area (Å²) in [6, 6.07) is 43.6. The van der Waals surface area contributed by atoms with E-state index in [0.29, 0.717) is 0 Å². The van der Waals surface area contributed by atoms with E-state index in [2.05, 4.69) is 140 Å². The molecule has 5 aromatic carbocycles. The fraction of sp³-hybridized carbons (Fsp3) is 0.0526. The minimum Gasteiger partial charge on any atom is -0.456 e. The van der Waals surface area contributed by atoms with Crippen LogP contribution in [0, 0.1) is 5.92 Å². The first-order valence-corrected chi connectivity index (χ1v) is 13.6. The molecule has 2 aliphatic carbocycles. The summed E-state index contributed by atoms with van der Waals surface area (Å²) in [5.41, 5.74) is 12.2. The maximum atomic E-state index is 6.54. The molecule has 39 heavy (non-hydrogen) atoms. The zero-order valence-corrected chi connectivity index (χ0v) is 21.4. The number of fused-ring (bicyclic) bond motifs is 5. The van der Waals surface area contributed by atoms with Gasteiger partial charge in [-0.15, -0.1) is 0 Å². The monoisotopic (exact) mass is 498 g/mol. The summed E-state index contributed by atoms with van der Waals surface area (Å²) in [4.78, 5) is 0. The lowest BCUT2D eigenvalue weighted by molar-refractivity contribution is 0.619. The highest BCUT2D eigenvalue weighted by Crippen LogP contribution is 2.51. The Morgan fingerprint density at radius 2 is 1.21 bits per heavy atom. The Labute approximate surface area is 228 Å². The van der Waals surface area contributed by atoms with Gasteiger partial charge in [0.1, 0.15) is 11.2 Å². The molecule has 0 fully saturated rings. The largest absolute Gasteiger partial charge is 0.456 e. The van der Waals surface area contributed by atoms with Gasteiger partial charge < -0.3 is 4.42 Å². The topological polar surface area (TPSA) is 13.1 Å². The van der Waals surface area contributed by atoms with Gasteiger partial charge in [0.15, 0.2) is 0 Å². The van der Waals surface area contributed by atoms with Crippen molar-refractivity contribution >= 4 is 27.5 Å². The van der Waals surface area contributed by atoms with Crippen molar-refractivity contribution in [1.29, 1.82) is 0 Å². The van der Waals surface area contributed by atoms with Crippen molar-refractivity contribution in [3.8, 4) is 11.1 Å². The van der Waals surface area contributed by atoms with Gasteiger partial charge in [-0.05, 0) is 45.0 Å². The van der Waals surface area contributed by atoms with Crippen molar-refractivity contribution in [1.82, 2.24) is 0 Å². The predicted octanol–water partition coefficient (Wildman–Crippen LogP) is 9.94. The van der Waals surface area contributed by atoms with Crippen LogP contribution in [0.15, 0.2) is 156 Å². The average molecular weight is 499 g/mol. The molecule has 2 unspecified atom stereocenters. The number of rotatable bonds is 3. The van der Waals surface area contributed by atoms with Crippen LogP contribution in [0.3, 0.4) is 0 Å². The van der Waals surface area contributed by atoms with Crippen molar-refractivity contribution in [3.05, 3.63) is 173 Å². The molecule has 1 nitrogen and oxygen atoms in total. The van der Waals surface area contributed by atoms with Gasteiger partial charge >= 0.3 is 0 Å². The zero-order valence-electron chi connectivity index (χ0n) is 21.4. The van der Waals surface area contributed by atoms with E-state index in [0.717, 1.165) is 11.2 Å². The molecular formula is C38H26O. The molecule has 1 heteroatoms. The van der Waals surface area contributed by atoms with Gasteiger partial charge in [0.25, 0.3) is 0 Å². The van der Waals surface area contributed by atoms with Crippen molar-refractivity contribution in [3.63, 3.8) is 0 Å². The molecular weight excluding hydrogens is 472 g/mol. The molecule has 0 saturated heterocycles. The summed E-state index contributed by atoms with van der Waals surface area (Å²) < 4.78 is 6.54. The Morgan fingerprint density at radius 3 is 2.10 bits per heavy atom. The van der Waals surface area contributed by atoms with E-state index < -0.39 is 0 Å². The standard InChI is InChI=1S/C38H26O/c1-2-11-25(12-3-1)26-21-23-27(24-22-26)36-29-14-4-6-16-31(29)37(32-17-7-5-15-30(32)36)34-19-10-18-33-28-13-8-9-20-35(28)39-38(33)34/h1-24,31,37H. The average Bonchev–Trinajstić information content (AvgIpc) is 3.40. The second kappa shape index (κ2) is 8.85. The van der Waals surface area contributed by atoms with Gasteiger partial charge in [0.05, 0.1) is 0 Å². The smallest absolute Gasteiger partial charge is 0.139 e. The van der Waals surface area contributed by atoms with Crippen LogP contribution in [0.4, 0.5) is 0 Å². The predicted molar refractivity (Wildman–Crippen MR) is 162 cm³/mol. The van der Waals surface area contributed by atoms with Crippen LogP contribution in [0.2, 0.25) is 0 Å². The normalized spacial score (nSPS) is 17.9. The lowest BCUT2D eigenvalue weighted by Crippen LogP contribution is -2.23. The Morgan fingerprint density at radius 1 is 0.513 bits per heavy atom. The number of allylic oxidation sites excluding steroid dienone is 5. The van der Waals surface area contributed by atoms with E-state index in [-0.39, 0.29) is 11.8 Å². The molecule has 1 aromatic heterocycles. The molecule has 1 heterocycles. The number of hydrogen-bond acceptors (Lipinski definition) is 1. The van der Waals surface area contributed by atoms with E-state index in [4.69, 9.17) is 4.42 Å². The molecule has 0 N–H and O–H groups in total. The maximum absolute atomic E-state index is 6.54. The summed E-state index contributed by atoms with van der Waals surface area (Å²) in [5, 5.41) is 2.36. The Kier molecular flexibility index (Phi) is 5.03. The Balaban J connectivity index is 1.33. The molecule has 2 aliphatic rings. The minimum absolute atomic E-state index is 0.161. The van der Waals surface area contributed by atoms with Gasteiger partial charge in [-0.2, -0.15) is 0 Å². The van der Waals surface area contributed by atoms with Crippen LogP contribution in [-0.2, 0) is 0 Å². The first-order chi connectivity index (χ1) is 19.4. The van der Waals surface area contributed by atoms with Crippen LogP contribution in [0.1, 0.15) is 28.2 Å². The summed E-state index contributed by atoms with van der Waals surface area (Å²) in [7, 11) is 0. The second-order valence-electron chi connectivity index (χ2n) is 10.4. The summed E-state index contributed by atoms with van der Waals surface area (Å²) in [6.07, 6.45) is 9.06. The third kappa shape index (κ3) is 3.47. The fourth-order valence-corrected chi connectivity index (χ4v) is 6.60. The fourth-order valence-electron chi connectivity index (χ4n) is 6.60. The van der Waals surface area contributed by atoms with Crippen LogP contribution in [0.25, 0.3) is 38.6 Å². The van der Waals surface area contributed by atoms with Crippen LogP contribution < -0.4 is 0 Å². The highest BCUT2D eigenvalue weighted by molar-refractivity contribution is 6.06. The van der Waals surface area contributed by atoms with E-state index in [1.165, 1.54) is 55.3 Å². The Bertz CT molecular complexity index is 1950. The van der Waals surface area contributed by atoms with Gasteiger partial charge in [0, 0.05) is 28.2 Å². The quantitative estimate of drug-likeness (QED) is 0.237. The summed E-state index contributed by atoms with van der Waals surface area (Å²) in [5.74, 6) is 0.376. The van der Waals surface area contributed by atoms with Gasteiger partial charge in [0.2, 0.25) is 0 Å². The Hall–Kier alpha value is -4.88. The lowest BCUT2D eigenvalue weighted by Gasteiger charge is -2.36. The summed E-state index contributed by atoms with van der Waals surface area (Å²) in [6.45, 7) is 0. The van der Waals surface area contributed by atoms with E-state index >= 15 is 0 Å². The van der Waals surface area contributed by atoms with Crippen molar-refractivity contribution in [2.24, 2.45) is 5.92 Å². The lowest BCUT2D eigenvalue weighted by atomic mass is 9.66.